The molecule has 0 bridgehead atoms. The van der Waals surface area contributed by atoms with E-state index in [0.29, 0.717) is 13.0 Å². The van der Waals surface area contributed by atoms with Gasteiger partial charge in [-0.15, -0.1) is 0 Å². The summed E-state index contributed by atoms with van der Waals surface area (Å²) >= 11 is 0. The van der Waals surface area contributed by atoms with Crippen molar-refractivity contribution >= 4 is 5.97 Å². The number of pyridine rings is 2. The molecule has 0 saturated carbocycles. The molecule has 1 atom stereocenters. The minimum atomic E-state index is -0.933. The molecule has 2 aromatic rings. The molecule has 2 heterocycles. The standard InChI is InChI=1S/C10H8N2.C6H14N2O2.Ru/c1-3-7-11-9(5-1)10-6-2-4-8-12-10;7-4-2-1-3-5(8)6(9)10;/h1-8H;5H,1-4,7-8H2,(H,9,10);. The van der Waals surface area contributed by atoms with Crippen LogP contribution in [-0.4, -0.2) is 33.6 Å². The molecule has 0 aliphatic carbocycles. The van der Waals surface area contributed by atoms with Crippen LogP contribution in [0.25, 0.3) is 11.4 Å². The van der Waals surface area contributed by atoms with Gasteiger partial charge in [-0.1, -0.05) is 18.6 Å². The normalized spacial score (nSPS) is 10.7. The first-order chi connectivity index (χ1) is 10.6. The van der Waals surface area contributed by atoms with Crippen LogP contribution in [0.1, 0.15) is 19.3 Å². The van der Waals surface area contributed by atoms with E-state index in [2.05, 4.69) is 9.97 Å². The summed E-state index contributed by atoms with van der Waals surface area (Å²) in [6.45, 7) is 0.604. The maximum absolute atomic E-state index is 10.1. The number of nitrogens with two attached hydrogens (primary N) is 2. The quantitative estimate of drug-likeness (QED) is 0.499. The van der Waals surface area contributed by atoms with Gasteiger partial charge in [0.1, 0.15) is 6.04 Å². The Labute approximate surface area is 149 Å². The Kier molecular flexibility index (Phi) is 11.9. The average molecular weight is 403 g/mol. The van der Waals surface area contributed by atoms with Crippen molar-refractivity contribution in [3.63, 3.8) is 0 Å². The zero-order chi connectivity index (χ0) is 16.2. The fourth-order valence-electron chi connectivity index (χ4n) is 1.66. The summed E-state index contributed by atoms with van der Waals surface area (Å²) in [5.74, 6) is -0.933. The number of unbranched alkanes of at least 4 members (excludes halogenated alkanes) is 1. The van der Waals surface area contributed by atoms with Crippen molar-refractivity contribution in [3.05, 3.63) is 48.8 Å². The van der Waals surface area contributed by atoms with Crippen LogP contribution < -0.4 is 11.5 Å². The molecule has 7 heteroatoms. The number of nitrogens with zero attached hydrogens (tertiary/aromatic N) is 2. The Hall–Kier alpha value is -1.69. The van der Waals surface area contributed by atoms with Gasteiger partial charge in [0, 0.05) is 31.9 Å². The van der Waals surface area contributed by atoms with Gasteiger partial charge >= 0.3 is 5.97 Å². The molecule has 2 rings (SSSR count). The molecular formula is C16H22N4O2Ru. The molecule has 0 fully saturated rings. The summed E-state index contributed by atoms with van der Waals surface area (Å²) in [6, 6.07) is 10.9. The van der Waals surface area contributed by atoms with Gasteiger partial charge in [-0.2, -0.15) is 0 Å². The SMILES string of the molecule is NCCCCC(N)C(=O)O.[Ru].c1ccc(-c2ccccn2)nc1. The second-order valence-corrected chi connectivity index (χ2v) is 4.66. The third kappa shape index (κ3) is 9.13. The largest absolute Gasteiger partial charge is 0.480 e. The summed E-state index contributed by atoms with van der Waals surface area (Å²) in [6.07, 6.45) is 5.70. The number of rotatable bonds is 6. The van der Waals surface area contributed by atoms with E-state index >= 15 is 0 Å². The van der Waals surface area contributed by atoms with Gasteiger partial charge in [0.15, 0.2) is 0 Å². The molecule has 6 nitrogen and oxygen atoms in total. The number of aromatic nitrogens is 2. The van der Waals surface area contributed by atoms with Crippen LogP contribution >= 0.6 is 0 Å². The number of carbonyl (C=O) groups is 1. The average Bonchev–Trinajstić information content (AvgIpc) is 2.57. The third-order valence-corrected chi connectivity index (χ3v) is 2.88. The van der Waals surface area contributed by atoms with E-state index in [-0.39, 0.29) is 19.5 Å². The van der Waals surface area contributed by atoms with E-state index in [0.717, 1.165) is 24.2 Å². The molecule has 0 radical (unpaired) electrons. The Balaban J connectivity index is 0.000000412. The van der Waals surface area contributed by atoms with Gasteiger partial charge in [-0.25, -0.2) is 0 Å². The fourth-order valence-corrected chi connectivity index (χ4v) is 1.66. The first kappa shape index (κ1) is 21.3. The summed E-state index contributed by atoms with van der Waals surface area (Å²) in [7, 11) is 0. The van der Waals surface area contributed by atoms with Gasteiger partial charge in [0.25, 0.3) is 0 Å². The predicted octanol–water partition coefficient (Wildman–Crippen LogP) is 1.67. The van der Waals surface area contributed by atoms with Crippen LogP contribution in [-0.2, 0) is 24.3 Å². The van der Waals surface area contributed by atoms with Crippen molar-refractivity contribution in [2.45, 2.75) is 25.3 Å². The molecule has 23 heavy (non-hydrogen) atoms. The zero-order valence-electron chi connectivity index (χ0n) is 12.8. The summed E-state index contributed by atoms with van der Waals surface area (Å²) in [5.41, 5.74) is 12.2. The molecule has 0 aliphatic heterocycles. The third-order valence-electron chi connectivity index (χ3n) is 2.88. The van der Waals surface area contributed by atoms with E-state index in [1.54, 1.807) is 12.4 Å². The number of carboxylic acids is 1. The predicted molar refractivity (Wildman–Crippen MR) is 86.0 cm³/mol. The Morgan fingerprint density at radius 3 is 1.91 bits per heavy atom. The number of hydrogen-bond acceptors (Lipinski definition) is 5. The van der Waals surface area contributed by atoms with E-state index in [4.69, 9.17) is 16.6 Å². The molecule has 1 unspecified atom stereocenters. The zero-order valence-corrected chi connectivity index (χ0v) is 14.5. The summed E-state index contributed by atoms with van der Waals surface area (Å²) in [4.78, 5) is 18.5. The van der Waals surface area contributed by atoms with Crippen molar-refractivity contribution in [2.75, 3.05) is 6.54 Å². The molecule has 0 amide bonds. The van der Waals surface area contributed by atoms with Gasteiger partial charge in [-0.05, 0) is 43.7 Å². The maximum Gasteiger partial charge on any atom is 0.320 e. The smallest absolute Gasteiger partial charge is 0.320 e. The van der Waals surface area contributed by atoms with Crippen molar-refractivity contribution in [1.82, 2.24) is 9.97 Å². The van der Waals surface area contributed by atoms with Crippen molar-refractivity contribution in [3.8, 4) is 11.4 Å². The van der Waals surface area contributed by atoms with Crippen LogP contribution in [0.2, 0.25) is 0 Å². The second kappa shape index (κ2) is 12.8. The topological polar surface area (TPSA) is 115 Å². The number of aliphatic carboxylic acids is 1. The van der Waals surface area contributed by atoms with Gasteiger partial charge < -0.3 is 16.6 Å². The van der Waals surface area contributed by atoms with E-state index < -0.39 is 12.0 Å². The molecule has 0 aliphatic rings. The fraction of sp³-hybridized carbons (Fsp3) is 0.312. The van der Waals surface area contributed by atoms with Crippen LogP contribution in [0.15, 0.2) is 48.8 Å². The van der Waals surface area contributed by atoms with Crippen LogP contribution in [0, 0.1) is 0 Å². The molecule has 126 valence electrons. The first-order valence-corrected chi connectivity index (χ1v) is 7.16. The van der Waals surface area contributed by atoms with Crippen LogP contribution in [0.3, 0.4) is 0 Å². The van der Waals surface area contributed by atoms with Crippen LogP contribution in [0.4, 0.5) is 0 Å². The van der Waals surface area contributed by atoms with Crippen molar-refractivity contribution < 1.29 is 29.4 Å². The van der Waals surface area contributed by atoms with E-state index in [1.165, 1.54) is 0 Å². The van der Waals surface area contributed by atoms with Gasteiger partial charge in [0.2, 0.25) is 0 Å². The number of hydrogen-bond donors (Lipinski definition) is 3. The molecule has 5 N–H and O–H groups in total. The van der Waals surface area contributed by atoms with Crippen molar-refractivity contribution in [2.24, 2.45) is 11.5 Å². The first-order valence-electron chi connectivity index (χ1n) is 7.16. The Bertz CT molecular complexity index is 503. The molecule has 0 aromatic carbocycles. The molecule has 0 saturated heterocycles. The van der Waals surface area contributed by atoms with E-state index in [9.17, 15) is 4.79 Å². The second-order valence-electron chi connectivity index (χ2n) is 4.66. The maximum atomic E-state index is 10.1. The molecule has 0 spiro atoms. The van der Waals surface area contributed by atoms with Crippen LogP contribution in [0.5, 0.6) is 0 Å². The Morgan fingerprint density at radius 1 is 1.04 bits per heavy atom. The van der Waals surface area contributed by atoms with Crippen molar-refractivity contribution in [1.29, 1.82) is 0 Å². The minimum Gasteiger partial charge on any atom is -0.480 e. The molecule has 2 aromatic heterocycles. The molecular weight excluding hydrogens is 381 g/mol. The number of carboxylic acid groups (broad SMARTS) is 1. The van der Waals surface area contributed by atoms with E-state index in [1.807, 2.05) is 36.4 Å². The van der Waals surface area contributed by atoms with Gasteiger partial charge in [-0.3, -0.25) is 14.8 Å². The minimum absolute atomic E-state index is 0. The van der Waals surface area contributed by atoms with Gasteiger partial charge in [0.05, 0.1) is 11.4 Å². The summed E-state index contributed by atoms with van der Waals surface area (Å²) in [5, 5.41) is 8.33. The monoisotopic (exact) mass is 404 g/mol. The Morgan fingerprint density at radius 2 is 1.57 bits per heavy atom. The summed E-state index contributed by atoms with van der Waals surface area (Å²) < 4.78 is 0.